The van der Waals surface area contributed by atoms with E-state index in [1.165, 1.54) is 17.2 Å². The minimum absolute atomic E-state index is 0.0754. The predicted molar refractivity (Wildman–Crippen MR) is 90.5 cm³/mol. The minimum Gasteiger partial charge on any atom is -0.351 e. The van der Waals surface area contributed by atoms with Gasteiger partial charge < -0.3 is 10.6 Å². The SMILES string of the molecule is Cc1c(CNC(=O)C2Cc3ccccc3CN2)cccc1[N+](=O)[O-]. The Morgan fingerprint density at radius 2 is 2.00 bits per heavy atom. The second-order valence-corrected chi connectivity index (χ2v) is 5.94. The van der Waals surface area contributed by atoms with E-state index < -0.39 is 4.92 Å². The molecule has 2 aromatic rings. The van der Waals surface area contributed by atoms with Crippen molar-refractivity contribution >= 4 is 11.6 Å². The zero-order chi connectivity index (χ0) is 17.1. The molecule has 0 spiro atoms. The Morgan fingerprint density at radius 3 is 2.75 bits per heavy atom. The van der Waals surface area contributed by atoms with Crippen LogP contribution in [0.3, 0.4) is 0 Å². The zero-order valence-corrected chi connectivity index (χ0v) is 13.4. The second kappa shape index (κ2) is 6.80. The number of carbonyl (C=O) groups excluding carboxylic acids is 1. The van der Waals surface area contributed by atoms with Crippen molar-refractivity contribution in [2.75, 3.05) is 0 Å². The summed E-state index contributed by atoms with van der Waals surface area (Å²) in [6.45, 7) is 2.66. The Labute approximate surface area is 140 Å². The van der Waals surface area contributed by atoms with E-state index >= 15 is 0 Å². The molecular weight excluding hydrogens is 306 g/mol. The van der Waals surface area contributed by atoms with Crippen LogP contribution >= 0.6 is 0 Å². The van der Waals surface area contributed by atoms with Crippen molar-refractivity contribution in [3.05, 3.63) is 74.8 Å². The maximum atomic E-state index is 12.4. The van der Waals surface area contributed by atoms with E-state index in [-0.39, 0.29) is 24.2 Å². The van der Waals surface area contributed by atoms with E-state index in [4.69, 9.17) is 0 Å². The fraction of sp³-hybridized carbons (Fsp3) is 0.278. The summed E-state index contributed by atoms with van der Waals surface area (Å²) in [4.78, 5) is 23.0. The molecular formula is C18H19N3O3. The average molecular weight is 325 g/mol. The molecule has 1 aliphatic heterocycles. The normalized spacial score (nSPS) is 16.3. The summed E-state index contributed by atoms with van der Waals surface area (Å²) in [6, 6.07) is 12.7. The molecule has 3 rings (SSSR count). The number of hydrogen-bond acceptors (Lipinski definition) is 4. The van der Waals surface area contributed by atoms with Gasteiger partial charge in [0.1, 0.15) is 0 Å². The molecule has 0 bridgehead atoms. The fourth-order valence-electron chi connectivity index (χ4n) is 3.00. The highest BCUT2D eigenvalue weighted by atomic mass is 16.6. The number of nitrogens with zero attached hydrogens (tertiary/aromatic N) is 1. The van der Waals surface area contributed by atoms with E-state index in [2.05, 4.69) is 16.7 Å². The lowest BCUT2D eigenvalue weighted by Crippen LogP contribution is -2.47. The van der Waals surface area contributed by atoms with Crippen LogP contribution in [0.25, 0.3) is 0 Å². The van der Waals surface area contributed by atoms with Gasteiger partial charge in [0.2, 0.25) is 5.91 Å². The summed E-state index contributed by atoms with van der Waals surface area (Å²) in [5.41, 5.74) is 3.82. The molecule has 124 valence electrons. The number of rotatable bonds is 4. The van der Waals surface area contributed by atoms with E-state index in [9.17, 15) is 14.9 Å². The van der Waals surface area contributed by atoms with Crippen molar-refractivity contribution in [3.63, 3.8) is 0 Å². The largest absolute Gasteiger partial charge is 0.351 e. The Kier molecular flexibility index (Phi) is 4.57. The molecule has 0 aromatic heterocycles. The van der Waals surface area contributed by atoms with Crippen LogP contribution < -0.4 is 10.6 Å². The maximum absolute atomic E-state index is 12.4. The van der Waals surface area contributed by atoms with Gasteiger partial charge in [-0.25, -0.2) is 0 Å². The van der Waals surface area contributed by atoms with Gasteiger partial charge in [-0.2, -0.15) is 0 Å². The fourth-order valence-corrected chi connectivity index (χ4v) is 3.00. The third-order valence-electron chi connectivity index (χ3n) is 4.46. The first-order chi connectivity index (χ1) is 11.6. The molecule has 2 N–H and O–H groups in total. The molecule has 1 unspecified atom stereocenters. The molecule has 1 heterocycles. The van der Waals surface area contributed by atoms with Crippen molar-refractivity contribution in [2.24, 2.45) is 0 Å². The number of nitrogens with one attached hydrogen (secondary N) is 2. The summed E-state index contributed by atoms with van der Waals surface area (Å²) in [5, 5.41) is 17.1. The van der Waals surface area contributed by atoms with Crippen LogP contribution in [-0.4, -0.2) is 16.9 Å². The quantitative estimate of drug-likeness (QED) is 0.667. The number of hydrogen-bond donors (Lipinski definition) is 2. The van der Waals surface area contributed by atoms with Gasteiger partial charge in [-0.3, -0.25) is 14.9 Å². The van der Waals surface area contributed by atoms with Gasteiger partial charge in [0.25, 0.3) is 5.69 Å². The van der Waals surface area contributed by atoms with Crippen molar-refractivity contribution < 1.29 is 9.72 Å². The lowest BCUT2D eigenvalue weighted by molar-refractivity contribution is -0.385. The van der Waals surface area contributed by atoms with Gasteiger partial charge in [0.05, 0.1) is 11.0 Å². The molecule has 0 fully saturated rings. The number of amides is 1. The molecule has 0 aliphatic carbocycles. The van der Waals surface area contributed by atoms with Gasteiger partial charge in [-0.05, 0) is 30.0 Å². The van der Waals surface area contributed by atoms with Crippen LogP contribution in [0.2, 0.25) is 0 Å². The number of fused-ring (bicyclic) bond motifs is 1. The first-order valence-electron chi connectivity index (χ1n) is 7.87. The van der Waals surface area contributed by atoms with E-state index in [1.807, 2.05) is 18.2 Å². The Balaban J connectivity index is 1.65. The molecule has 1 amide bonds. The summed E-state index contributed by atoms with van der Waals surface area (Å²) in [5.74, 6) is -0.0876. The van der Waals surface area contributed by atoms with E-state index in [0.29, 0.717) is 18.5 Å². The van der Waals surface area contributed by atoms with Crippen LogP contribution in [-0.2, 0) is 24.3 Å². The van der Waals surface area contributed by atoms with Crippen LogP contribution in [0, 0.1) is 17.0 Å². The number of nitro benzene ring substituents is 1. The molecule has 24 heavy (non-hydrogen) atoms. The van der Waals surface area contributed by atoms with Gasteiger partial charge in [0.15, 0.2) is 0 Å². The van der Waals surface area contributed by atoms with Crippen molar-refractivity contribution in [1.82, 2.24) is 10.6 Å². The molecule has 0 radical (unpaired) electrons. The van der Waals surface area contributed by atoms with Crippen molar-refractivity contribution in [2.45, 2.75) is 32.5 Å². The maximum Gasteiger partial charge on any atom is 0.272 e. The van der Waals surface area contributed by atoms with Crippen LogP contribution in [0.5, 0.6) is 0 Å². The van der Waals surface area contributed by atoms with Crippen molar-refractivity contribution in [1.29, 1.82) is 0 Å². The van der Waals surface area contributed by atoms with Gasteiger partial charge in [-0.1, -0.05) is 36.4 Å². The molecule has 0 saturated heterocycles. The Morgan fingerprint density at radius 1 is 1.25 bits per heavy atom. The van der Waals surface area contributed by atoms with E-state index in [0.717, 1.165) is 5.56 Å². The lowest BCUT2D eigenvalue weighted by atomic mass is 9.95. The Bertz CT molecular complexity index is 789. The first kappa shape index (κ1) is 16.1. The Hall–Kier alpha value is -2.73. The summed E-state index contributed by atoms with van der Waals surface area (Å²) >= 11 is 0. The summed E-state index contributed by atoms with van der Waals surface area (Å²) in [6.07, 6.45) is 0.649. The lowest BCUT2D eigenvalue weighted by Gasteiger charge is -2.25. The van der Waals surface area contributed by atoms with Crippen LogP contribution in [0.15, 0.2) is 42.5 Å². The predicted octanol–water partition coefficient (Wildman–Crippen LogP) is 2.23. The smallest absolute Gasteiger partial charge is 0.272 e. The minimum atomic E-state index is -0.403. The molecule has 6 nitrogen and oxygen atoms in total. The van der Waals surface area contributed by atoms with Crippen molar-refractivity contribution in [3.8, 4) is 0 Å². The highest BCUT2D eigenvalue weighted by Crippen LogP contribution is 2.21. The highest BCUT2D eigenvalue weighted by molar-refractivity contribution is 5.82. The second-order valence-electron chi connectivity index (χ2n) is 5.94. The molecule has 0 saturated carbocycles. The van der Waals surface area contributed by atoms with E-state index in [1.54, 1.807) is 19.1 Å². The standard InChI is InChI=1S/C18H19N3O3/c1-12-14(7-4-8-17(12)21(23)24)10-20-18(22)16-9-13-5-2-3-6-15(13)11-19-16/h2-8,16,19H,9-11H2,1H3,(H,20,22). The molecule has 1 atom stereocenters. The number of carbonyl (C=O) groups is 1. The number of benzene rings is 2. The summed E-state index contributed by atoms with van der Waals surface area (Å²) in [7, 11) is 0. The highest BCUT2D eigenvalue weighted by Gasteiger charge is 2.24. The third kappa shape index (κ3) is 3.28. The van der Waals surface area contributed by atoms with Gasteiger partial charge in [0, 0.05) is 24.7 Å². The molecule has 6 heteroatoms. The van der Waals surface area contributed by atoms with Crippen LogP contribution in [0.1, 0.15) is 22.3 Å². The number of nitro groups is 1. The topological polar surface area (TPSA) is 84.3 Å². The summed E-state index contributed by atoms with van der Waals surface area (Å²) < 4.78 is 0. The molecule has 1 aliphatic rings. The zero-order valence-electron chi connectivity index (χ0n) is 13.4. The third-order valence-corrected chi connectivity index (χ3v) is 4.46. The average Bonchev–Trinajstić information content (AvgIpc) is 2.60. The van der Waals surface area contributed by atoms with Gasteiger partial charge in [-0.15, -0.1) is 0 Å². The van der Waals surface area contributed by atoms with Gasteiger partial charge >= 0.3 is 0 Å². The monoisotopic (exact) mass is 325 g/mol. The molecule has 2 aromatic carbocycles. The van der Waals surface area contributed by atoms with Crippen LogP contribution in [0.4, 0.5) is 5.69 Å². The first-order valence-corrected chi connectivity index (χ1v) is 7.87.